The van der Waals surface area contributed by atoms with Gasteiger partial charge >= 0.3 is 0 Å². The van der Waals surface area contributed by atoms with Crippen LogP contribution in [-0.2, 0) is 4.79 Å². The molecule has 2 amide bonds. The molecule has 1 heterocycles. The molecule has 0 spiro atoms. The van der Waals surface area contributed by atoms with E-state index in [2.05, 4.69) is 10.6 Å². The summed E-state index contributed by atoms with van der Waals surface area (Å²) < 4.78 is 0. The molecule has 2 rings (SSSR count). The van der Waals surface area contributed by atoms with E-state index < -0.39 is 6.04 Å². The third kappa shape index (κ3) is 3.36. The number of hydrogen-bond donors (Lipinski definition) is 2. The fourth-order valence-electron chi connectivity index (χ4n) is 2.44. The summed E-state index contributed by atoms with van der Waals surface area (Å²) >= 11 is 6.23. The Morgan fingerprint density at radius 2 is 2.24 bits per heavy atom. The molecular weight excluding hydrogens is 290 g/mol. The van der Waals surface area contributed by atoms with Gasteiger partial charge in [-0.15, -0.1) is 0 Å². The normalized spacial score (nSPS) is 18.4. The van der Waals surface area contributed by atoms with E-state index >= 15 is 0 Å². The van der Waals surface area contributed by atoms with Crippen molar-refractivity contribution >= 4 is 23.4 Å². The van der Waals surface area contributed by atoms with Crippen molar-refractivity contribution in [3.05, 3.63) is 34.3 Å². The molecule has 21 heavy (non-hydrogen) atoms. The molecular formula is C15H20ClN3O2. The van der Waals surface area contributed by atoms with Gasteiger partial charge in [-0.3, -0.25) is 9.59 Å². The number of nitrogens with zero attached hydrogens (tertiary/aromatic N) is 1. The lowest BCUT2D eigenvalue weighted by Crippen LogP contribution is -2.59. The van der Waals surface area contributed by atoms with Gasteiger partial charge in [-0.2, -0.15) is 0 Å². The van der Waals surface area contributed by atoms with Crippen molar-refractivity contribution < 1.29 is 9.59 Å². The van der Waals surface area contributed by atoms with E-state index in [0.717, 1.165) is 5.56 Å². The molecule has 2 N–H and O–H groups in total. The maximum atomic E-state index is 12.7. The molecule has 1 saturated heterocycles. The lowest BCUT2D eigenvalue weighted by atomic mass is 10.1. The van der Waals surface area contributed by atoms with Crippen LogP contribution in [0.15, 0.2) is 18.2 Å². The lowest BCUT2D eigenvalue weighted by Gasteiger charge is -2.35. The largest absolute Gasteiger partial charge is 0.355 e. The summed E-state index contributed by atoms with van der Waals surface area (Å²) in [6.45, 7) is 5.88. The van der Waals surface area contributed by atoms with E-state index in [1.165, 1.54) is 0 Å². The number of hydrogen-bond acceptors (Lipinski definition) is 3. The molecule has 0 aliphatic carbocycles. The Bertz CT molecular complexity index is 548. The minimum atomic E-state index is -0.497. The first-order valence-electron chi connectivity index (χ1n) is 7.10. The van der Waals surface area contributed by atoms with Gasteiger partial charge in [0.15, 0.2) is 0 Å². The molecule has 1 aromatic rings. The highest BCUT2D eigenvalue weighted by molar-refractivity contribution is 6.34. The van der Waals surface area contributed by atoms with Gasteiger partial charge in [0.2, 0.25) is 5.91 Å². The summed E-state index contributed by atoms with van der Waals surface area (Å²) in [6, 6.07) is 4.87. The van der Waals surface area contributed by atoms with Gasteiger partial charge in [0, 0.05) is 26.2 Å². The number of rotatable bonds is 3. The Labute approximate surface area is 129 Å². The van der Waals surface area contributed by atoms with Crippen LogP contribution in [0.1, 0.15) is 22.8 Å². The van der Waals surface area contributed by atoms with Crippen molar-refractivity contribution in [2.24, 2.45) is 0 Å². The average molecular weight is 310 g/mol. The number of halogens is 1. The second kappa shape index (κ2) is 6.91. The Hall–Kier alpha value is -1.59. The standard InChI is InChI=1S/C15H20ClN3O2/c1-3-18-14(20)12-9-17-7-8-19(12)15(21)11-6-4-5-10(2)13(11)16/h4-6,12,17H,3,7-9H2,1-2H3,(H,18,20). The Morgan fingerprint density at radius 3 is 2.95 bits per heavy atom. The highest BCUT2D eigenvalue weighted by Gasteiger charge is 2.33. The monoisotopic (exact) mass is 309 g/mol. The topological polar surface area (TPSA) is 61.4 Å². The van der Waals surface area contributed by atoms with Crippen molar-refractivity contribution in [1.82, 2.24) is 15.5 Å². The van der Waals surface area contributed by atoms with E-state index in [9.17, 15) is 9.59 Å². The second-order valence-corrected chi connectivity index (χ2v) is 5.43. The summed E-state index contributed by atoms with van der Waals surface area (Å²) in [5.41, 5.74) is 1.31. The van der Waals surface area contributed by atoms with Crippen LogP contribution in [0.4, 0.5) is 0 Å². The molecule has 0 bridgehead atoms. The second-order valence-electron chi connectivity index (χ2n) is 5.05. The molecule has 0 aromatic heterocycles. The lowest BCUT2D eigenvalue weighted by molar-refractivity contribution is -0.126. The fourth-order valence-corrected chi connectivity index (χ4v) is 2.65. The van der Waals surface area contributed by atoms with Crippen LogP contribution in [0.5, 0.6) is 0 Å². The van der Waals surface area contributed by atoms with Gasteiger partial charge in [0.05, 0.1) is 10.6 Å². The van der Waals surface area contributed by atoms with Crippen LogP contribution in [0.2, 0.25) is 5.02 Å². The number of carbonyl (C=O) groups excluding carboxylic acids is 2. The number of aryl methyl sites for hydroxylation is 1. The van der Waals surface area contributed by atoms with Gasteiger partial charge in [-0.25, -0.2) is 0 Å². The van der Waals surface area contributed by atoms with E-state index in [1.807, 2.05) is 19.9 Å². The van der Waals surface area contributed by atoms with Crippen molar-refractivity contribution in [3.8, 4) is 0 Å². The zero-order valence-corrected chi connectivity index (χ0v) is 13.0. The smallest absolute Gasteiger partial charge is 0.256 e. The van der Waals surface area contributed by atoms with Crippen LogP contribution in [0, 0.1) is 6.92 Å². The molecule has 6 heteroatoms. The van der Waals surface area contributed by atoms with E-state index in [-0.39, 0.29) is 11.8 Å². The third-order valence-corrected chi connectivity index (χ3v) is 4.08. The van der Waals surface area contributed by atoms with Crippen LogP contribution >= 0.6 is 11.6 Å². The van der Waals surface area contributed by atoms with Crippen molar-refractivity contribution in [3.63, 3.8) is 0 Å². The SMILES string of the molecule is CCNC(=O)C1CNCCN1C(=O)c1cccc(C)c1Cl. The van der Waals surface area contributed by atoms with Crippen molar-refractivity contribution in [2.45, 2.75) is 19.9 Å². The van der Waals surface area contributed by atoms with Crippen LogP contribution in [0.3, 0.4) is 0 Å². The molecule has 1 unspecified atom stereocenters. The van der Waals surface area contributed by atoms with Gasteiger partial charge in [0.1, 0.15) is 6.04 Å². The van der Waals surface area contributed by atoms with Gasteiger partial charge < -0.3 is 15.5 Å². The summed E-state index contributed by atoms with van der Waals surface area (Å²) in [5, 5.41) is 6.37. The predicted molar refractivity (Wildman–Crippen MR) is 82.6 cm³/mol. The van der Waals surface area contributed by atoms with Crippen molar-refractivity contribution in [2.75, 3.05) is 26.2 Å². The summed E-state index contributed by atoms with van der Waals surface area (Å²) in [5.74, 6) is -0.330. The zero-order chi connectivity index (χ0) is 15.4. The van der Waals surface area contributed by atoms with E-state index in [1.54, 1.807) is 17.0 Å². The Kier molecular flexibility index (Phi) is 5.20. The summed E-state index contributed by atoms with van der Waals surface area (Å²) in [6.07, 6.45) is 0. The van der Waals surface area contributed by atoms with Gasteiger partial charge in [0.25, 0.3) is 5.91 Å². The minimum absolute atomic E-state index is 0.137. The number of carbonyl (C=O) groups is 2. The van der Waals surface area contributed by atoms with Crippen LogP contribution < -0.4 is 10.6 Å². The molecule has 5 nitrogen and oxygen atoms in total. The van der Waals surface area contributed by atoms with Crippen LogP contribution in [0.25, 0.3) is 0 Å². The number of nitrogens with one attached hydrogen (secondary N) is 2. The Balaban J connectivity index is 2.26. The molecule has 0 saturated carbocycles. The summed E-state index contributed by atoms with van der Waals surface area (Å²) in [7, 11) is 0. The third-order valence-electron chi connectivity index (χ3n) is 3.58. The Morgan fingerprint density at radius 1 is 1.48 bits per heavy atom. The number of likely N-dealkylation sites (N-methyl/N-ethyl adjacent to an activating group) is 1. The molecule has 0 radical (unpaired) electrons. The van der Waals surface area contributed by atoms with Crippen LogP contribution in [-0.4, -0.2) is 48.9 Å². The fraction of sp³-hybridized carbons (Fsp3) is 0.467. The van der Waals surface area contributed by atoms with E-state index in [0.29, 0.717) is 36.8 Å². The number of benzene rings is 1. The van der Waals surface area contributed by atoms with Gasteiger partial charge in [-0.1, -0.05) is 23.7 Å². The number of amides is 2. The maximum Gasteiger partial charge on any atom is 0.256 e. The molecule has 1 aliphatic heterocycles. The minimum Gasteiger partial charge on any atom is -0.355 e. The maximum absolute atomic E-state index is 12.7. The first-order valence-corrected chi connectivity index (χ1v) is 7.48. The highest BCUT2D eigenvalue weighted by Crippen LogP contribution is 2.23. The molecule has 1 fully saturated rings. The van der Waals surface area contributed by atoms with Crippen molar-refractivity contribution in [1.29, 1.82) is 0 Å². The first kappa shape index (κ1) is 15.8. The predicted octanol–water partition coefficient (Wildman–Crippen LogP) is 1.20. The molecule has 1 aliphatic rings. The average Bonchev–Trinajstić information content (AvgIpc) is 2.49. The quantitative estimate of drug-likeness (QED) is 0.882. The summed E-state index contributed by atoms with van der Waals surface area (Å²) in [4.78, 5) is 26.4. The van der Waals surface area contributed by atoms with E-state index in [4.69, 9.17) is 11.6 Å². The van der Waals surface area contributed by atoms with Gasteiger partial charge in [-0.05, 0) is 25.5 Å². The molecule has 1 atom stereocenters. The number of piperazine rings is 1. The zero-order valence-electron chi connectivity index (χ0n) is 12.3. The molecule has 114 valence electrons. The highest BCUT2D eigenvalue weighted by atomic mass is 35.5. The first-order chi connectivity index (χ1) is 10.1. The molecule has 1 aromatic carbocycles.